The van der Waals surface area contributed by atoms with Crippen LogP contribution in [0.15, 0.2) is 0 Å². The van der Waals surface area contributed by atoms with E-state index in [0.717, 1.165) is 41.4 Å². The van der Waals surface area contributed by atoms with Crippen LogP contribution in [0.3, 0.4) is 0 Å². The highest BCUT2D eigenvalue weighted by Gasteiger charge is 2.38. The van der Waals surface area contributed by atoms with E-state index in [1.807, 2.05) is 0 Å². The minimum absolute atomic E-state index is 1.02. The molecule has 0 radical (unpaired) electrons. The van der Waals surface area contributed by atoms with Gasteiger partial charge in [-0.1, -0.05) is 71.1 Å². The maximum atomic E-state index is 2.49. The maximum Gasteiger partial charge on any atom is -0.0380 e. The molecule has 0 saturated heterocycles. The summed E-state index contributed by atoms with van der Waals surface area (Å²) in [6.45, 7) is 2.49. The maximum absolute atomic E-state index is 2.49. The van der Waals surface area contributed by atoms with Crippen molar-refractivity contribution in [1.29, 1.82) is 0 Å². The largest absolute Gasteiger partial charge is 0.0625 e. The van der Waals surface area contributed by atoms with Gasteiger partial charge in [-0.2, -0.15) is 0 Å². The average Bonchev–Trinajstić information content (AvgIpc) is 3.27. The third-order valence-corrected chi connectivity index (χ3v) is 8.98. The second-order valence-electron chi connectivity index (χ2n) is 10.4. The summed E-state index contributed by atoms with van der Waals surface area (Å²) in [5.74, 6) is 7.70. The summed E-state index contributed by atoms with van der Waals surface area (Å²) in [6.07, 6.45) is 25.1. The zero-order chi connectivity index (χ0) is 16.4. The van der Waals surface area contributed by atoms with Crippen LogP contribution in [-0.4, -0.2) is 0 Å². The molecule has 4 fully saturated rings. The molecular weight excluding hydrogens is 288 g/mol. The summed E-state index contributed by atoms with van der Waals surface area (Å²) in [7, 11) is 0. The van der Waals surface area contributed by atoms with Crippen LogP contribution in [-0.2, 0) is 0 Å². The van der Waals surface area contributed by atoms with E-state index in [4.69, 9.17) is 0 Å². The molecule has 2 unspecified atom stereocenters. The van der Waals surface area contributed by atoms with E-state index in [0.29, 0.717) is 0 Å². The van der Waals surface area contributed by atoms with Crippen LogP contribution >= 0.6 is 0 Å². The van der Waals surface area contributed by atoms with Gasteiger partial charge in [-0.3, -0.25) is 0 Å². The molecule has 0 amide bonds. The van der Waals surface area contributed by atoms with Crippen LogP contribution in [0, 0.1) is 41.4 Å². The predicted molar refractivity (Wildman–Crippen MR) is 104 cm³/mol. The van der Waals surface area contributed by atoms with Gasteiger partial charge >= 0.3 is 0 Å². The fourth-order valence-electron chi connectivity index (χ4n) is 7.39. The minimum Gasteiger partial charge on any atom is -0.0625 e. The Hall–Kier alpha value is 0. The molecule has 0 aliphatic heterocycles. The molecule has 0 bridgehead atoms. The lowest BCUT2D eigenvalue weighted by molar-refractivity contribution is 0.149. The van der Waals surface area contributed by atoms with Crippen molar-refractivity contribution in [1.82, 2.24) is 0 Å². The fourth-order valence-corrected chi connectivity index (χ4v) is 7.39. The molecule has 0 heterocycles. The number of hydrogen-bond donors (Lipinski definition) is 0. The van der Waals surface area contributed by atoms with Gasteiger partial charge in [0.25, 0.3) is 0 Å². The van der Waals surface area contributed by atoms with Crippen LogP contribution in [0.25, 0.3) is 0 Å². The van der Waals surface area contributed by atoms with Gasteiger partial charge < -0.3 is 0 Å². The van der Waals surface area contributed by atoms with E-state index >= 15 is 0 Å². The third-order valence-electron chi connectivity index (χ3n) is 8.98. The van der Waals surface area contributed by atoms with Crippen LogP contribution < -0.4 is 0 Å². The van der Waals surface area contributed by atoms with E-state index < -0.39 is 0 Å². The molecule has 24 heavy (non-hydrogen) atoms. The molecule has 4 rings (SSSR count). The fraction of sp³-hybridized carbons (Fsp3) is 1.00. The van der Waals surface area contributed by atoms with Gasteiger partial charge in [-0.05, 0) is 80.0 Å². The van der Waals surface area contributed by atoms with E-state index in [-0.39, 0.29) is 0 Å². The lowest BCUT2D eigenvalue weighted by atomic mass is 9.70. The lowest BCUT2D eigenvalue weighted by Crippen LogP contribution is -2.25. The van der Waals surface area contributed by atoms with Crippen LogP contribution in [0.4, 0.5) is 0 Å². The Bertz CT molecular complexity index is 339. The Kier molecular flexibility index (Phi) is 5.90. The molecule has 0 nitrogen and oxygen atoms in total. The molecule has 0 aromatic rings. The van der Waals surface area contributed by atoms with Crippen molar-refractivity contribution in [3.63, 3.8) is 0 Å². The minimum atomic E-state index is 1.02. The summed E-state index contributed by atoms with van der Waals surface area (Å²) < 4.78 is 0. The Balaban J connectivity index is 1.44. The second-order valence-corrected chi connectivity index (χ2v) is 10.4. The molecule has 0 aromatic heterocycles. The molecule has 4 aliphatic rings. The van der Waals surface area contributed by atoms with Crippen LogP contribution in [0.5, 0.6) is 0 Å². The van der Waals surface area contributed by atoms with Crippen molar-refractivity contribution in [2.45, 2.75) is 110 Å². The van der Waals surface area contributed by atoms with Crippen molar-refractivity contribution in [2.24, 2.45) is 41.4 Å². The molecule has 4 saturated carbocycles. The first-order valence-electron chi connectivity index (χ1n) is 11.8. The van der Waals surface area contributed by atoms with Crippen molar-refractivity contribution < 1.29 is 0 Å². The van der Waals surface area contributed by atoms with Crippen LogP contribution in [0.2, 0.25) is 0 Å². The normalized spacial score (nSPS) is 43.1. The summed E-state index contributed by atoms with van der Waals surface area (Å²) in [6, 6.07) is 0. The SMILES string of the molecule is CC1CCC(C2CC(C3CCCC3)CC[C@H](C3CCCC3)C2)CC1. The molecule has 4 aliphatic carbocycles. The molecule has 0 aromatic carbocycles. The molecule has 0 heteroatoms. The first kappa shape index (κ1) is 17.4. The highest BCUT2D eigenvalue weighted by atomic mass is 14.4. The molecule has 0 spiro atoms. The monoisotopic (exact) mass is 330 g/mol. The van der Waals surface area contributed by atoms with Gasteiger partial charge in [-0.25, -0.2) is 0 Å². The number of hydrogen-bond acceptors (Lipinski definition) is 0. The van der Waals surface area contributed by atoms with Gasteiger partial charge in [0.1, 0.15) is 0 Å². The zero-order valence-electron chi connectivity index (χ0n) is 16.4. The molecule has 138 valence electrons. The summed E-state index contributed by atoms with van der Waals surface area (Å²) in [5.41, 5.74) is 0. The van der Waals surface area contributed by atoms with Gasteiger partial charge in [0.05, 0.1) is 0 Å². The van der Waals surface area contributed by atoms with Crippen molar-refractivity contribution in [3.8, 4) is 0 Å². The first-order chi connectivity index (χ1) is 11.8. The Morgan fingerprint density at radius 3 is 1.21 bits per heavy atom. The summed E-state index contributed by atoms with van der Waals surface area (Å²) >= 11 is 0. The zero-order valence-corrected chi connectivity index (χ0v) is 16.4. The van der Waals surface area contributed by atoms with E-state index in [2.05, 4.69) is 6.92 Å². The van der Waals surface area contributed by atoms with E-state index in [9.17, 15) is 0 Å². The Labute approximate surface area is 151 Å². The van der Waals surface area contributed by atoms with Crippen molar-refractivity contribution in [2.75, 3.05) is 0 Å². The average molecular weight is 331 g/mol. The Morgan fingerprint density at radius 1 is 0.375 bits per heavy atom. The topological polar surface area (TPSA) is 0 Å². The predicted octanol–water partition coefficient (Wildman–Crippen LogP) is 7.62. The summed E-state index contributed by atoms with van der Waals surface area (Å²) in [4.78, 5) is 0. The molecular formula is C24H42. The summed E-state index contributed by atoms with van der Waals surface area (Å²) in [5, 5.41) is 0. The standard InChI is InChI=1S/C24H42/c1-18-10-12-21(13-11-18)24-16-22(19-6-2-3-7-19)14-15-23(17-24)20-8-4-5-9-20/h18-24H,2-17H2,1H3/t18?,21?,22-,23?,24?/m0/s1. The second kappa shape index (κ2) is 8.13. The Morgan fingerprint density at radius 2 is 0.750 bits per heavy atom. The smallest absolute Gasteiger partial charge is 0.0380 e. The highest BCUT2D eigenvalue weighted by Crippen LogP contribution is 2.49. The molecule has 3 atom stereocenters. The van der Waals surface area contributed by atoms with Gasteiger partial charge in [-0.15, -0.1) is 0 Å². The van der Waals surface area contributed by atoms with Gasteiger partial charge in [0, 0.05) is 0 Å². The lowest BCUT2D eigenvalue weighted by Gasteiger charge is -2.36. The van der Waals surface area contributed by atoms with E-state index in [1.165, 1.54) is 12.8 Å². The third kappa shape index (κ3) is 4.04. The van der Waals surface area contributed by atoms with Gasteiger partial charge in [0.2, 0.25) is 0 Å². The highest BCUT2D eigenvalue weighted by molar-refractivity contribution is 4.89. The van der Waals surface area contributed by atoms with Gasteiger partial charge in [0.15, 0.2) is 0 Å². The number of rotatable bonds is 3. The molecule has 0 N–H and O–H groups in total. The van der Waals surface area contributed by atoms with Crippen LogP contribution in [0.1, 0.15) is 110 Å². The van der Waals surface area contributed by atoms with E-state index in [1.54, 1.807) is 89.9 Å². The first-order valence-corrected chi connectivity index (χ1v) is 11.8. The quantitative estimate of drug-likeness (QED) is 0.467. The van der Waals surface area contributed by atoms with Crippen molar-refractivity contribution in [3.05, 3.63) is 0 Å². The van der Waals surface area contributed by atoms with Crippen molar-refractivity contribution >= 4 is 0 Å².